The van der Waals surface area contributed by atoms with E-state index in [0.717, 1.165) is 5.82 Å². The summed E-state index contributed by atoms with van der Waals surface area (Å²) < 4.78 is 1.86. The van der Waals surface area contributed by atoms with Gasteiger partial charge in [-0.2, -0.15) is 0 Å². The molecule has 1 aromatic rings. The van der Waals surface area contributed by atoms with Gasteiger partial charge in [0.05, 0.1) is 0 Å². The lowest BCUT2D eigenvalue weighted by Gasteiger charge is -1.89. The molecule has 0 aromatic carbocycles. The summed E-state index contributed by atoms with van der Waals surface area (Å²) in [5.74, 6) is 0.910. The van der Waals surface area contributed by atoms with Gasteiger partial charge in [0, 0.05) is 6.20 Å². The largest absolute Gasteiger partial charge is 0.293 e. The topological polar surface area (TPSA) is 30.7 Å². The van der Waals surface area contributed by atoms with Crippen LogP contribution >= 0.6 is 0 Å². The second-order valence-corrected chi connectivity index (χ2v) is 1.77. The minimum absolute atomic E-state index is 0.910. The Morgan fingerprint density at radius 1 is 1.67 bits per heavy atom. The van der Waals surface area contributed by atoms with Crippen LogP contribution in [0.5, 0.6) is 0 Å². The molecule has 1 aromatic heterocycles. The lowest BCUT2D eigenvalue weighted by Crippen LogP contribution is -1.85. The molecular formula is C6H9N3. The van der Waals surface area contributed by atoms with Crippen LogP contribution in [0.2, 0.25) is 0 Å². The first-order valence-electron chi connectivity index (χ1n) is 2.83. The molecule has 3 heteroatoms. The molecule has 1 rings (SSSR count). The van der Waals surface area contributed by atoms with Crippen LogP contribution in [0, 0.1) is 6.92 Å². The number of rotatable bonds is 1. The Balaban J connectivity index is 2.94. The maximum atomic E-state index is 3.80. The van der Waals surface area contributed by atoms with Crippen LogP contribution in [0.15, 0.2) is 12.4 Å². The van der Waals surface area contributed by atoms with Gasteiger partial charge in [-0.05, 0) is 13.8 Å². The zero-order valence-electron chi connectivity index (χ0n) is 5.57. The fourth-order valence-corrected chi connectivity index (χ4v) is 0.607. The summed E-state index contributed by atoms with van der Waals surface area (Å²) in [6.07, 6.45) is 5.53. The monoisotopic (exact) mass is 123 g/mol. The van der Waals surface area contributed by atoms with Gasteiger partial charge < -0.3 is 0 Å². The Morgan fingerprint density at radius 3 is 2.89 bits per heavy atom. The van der Waals surface area contributed by atoms with Crippen molar-refractivity contribution in [2.24, 2.45) is 0 Å². The van der Waals surface area contributed by atoms with Crippen molar-refractivity contribution < 1.29 is 0 Å². The first-order valence-corrected chi connectivity index (χ1v) is 2.83. The SMILES string of the molecule is CC=Cn1cnnc1C. The van der Waals surface area contributed by atoms with Gasteiger partial charge in [0.15, 0.2) is 0 Å². The highest BCUT2D eigenvalue weighted by Gasteiger charge is 1.89. The summed E-state index contributed by atoms with van der Waals surface area (Å²) in [6, 6.07) is 0. The van der Waals surface area contributed by atoms with E-state index in [-0.39, 0.29) is 0 Å². The van der Waals surface area contributed by atoms with Gasteiger partial charge >= 0.3 is 0 Å². The van der Waals surface area contributed by atoms with Crippen molar-refractivity contribution in [2.75, 3.05) is 0 Å². The Morgan fingerprint density at radius 2 is 2.44 bits per heavy atom. The van der Waals surface area contributed by atoms with Gasteiger partial charge in [-0.15, -0.1) is 10.2 Å². The first-order chi connectivity index (χ1) is 4.34. The van der Waals surface area contributed by atoms with E-state index in [4.69, 9.17) is 0 Å². The molecule has 1 heterocycles. The van der Waals surface area contributed by atoms with E-state index < -0.39 is 0 Å². The smallest absolute Gasteiger partial charge is 0.133 e. The molecule has 0 aliphatic heterocycles. The van der Waals surface area contributed by atoms with E-state index >= 15 is 0 Å². The fourth-order valence-electron chi connectivity index (χ4n) is 0.607. The fraction of sp³-hybridized carbons (Fsp3) is 0.333. The number of nitrogens with zero attached hydrogens (tertiary/aromatic N) is 3. The number of allylic oxidation sites excluding steroid dienone is 1. The predicted octanol–water partition coefficient (Wildman–Crippen LogP) is 1.08. The molecule has 0 spiro atoms. The van der Waals surface area contributed by atoms with Crippen LogP contribution in [-0.2, 0) is 0 Å². The van der Waals surface area contributed by atoms with E-state index in [1.54, 1.807) is 6.33 Å². The molecule has 0 aliphatic carbocycles. The van der Waals surface area contributed by atoms with Crippen molar-refractivity contribution >= 4 is 6.20 Å². The van der Waals surface area contributed by atoms with E-state index in [0.29, 0.717) is 0 Å². The number of hydrogen-bond donors (Lipinski definition) is 0. The van der Waals surface area contributed by atoms with Crippen molar-refractivity contribution in [1.29, 1.82) is 0 Å². The third kappa shape index (κ3) is 1.16. The Labute approximate surface area is 54.0 Å². The zero-order valence-corrected chi connectivity index (χ0v) is 5.57. The van der Waals surface area contributed by atoms with Gasteiger partial charge in [0.25, 0.3) is 0 Å². The Bertz CT molecular complexity index is 212. The highest BCUT2D eigenvalue weighted by Crippen LogP contribution is 1.91. The quantitative estimate of drug-likeness (QED) is 0.559. The maximum Gasteiger partial charge on any atom is 0.133 e. The second kappa shape index (κ2) is 2.44. The van der Waals surface area contributed by atoms with E-state index in [1.165, 1.54) is 0 Å². The molecule has 0 saturated heterocycles. The third-order valence-electron chi connectivity index (χ3n) is 1.06. The Kier molecular flexibility index (Phi) is 1.63. The van der Waals surface area contributed by atoms with Crippen LogP contribution < -0.4 is 0 Å². The molecule has 0 N–H and O–H groups in total. The standard InChI is InChI=1S/C6H9N3/c1-3-4-9-5-7-8-6(9)2/h3-5H,1-2H3. The Hall–Kier alpha value is -1.12. The van der Waals surface area contributed by atoms with Crippen molar-refractivity contribution in [3.05, 3.63) is 18.2 Å². The van der Waals surface area contributed by atoms with Crippen LogP contribution in [-0.4, -0.2) is 14.8 Å². The molecule has 48 valence electrons. The molecule has 0 radical (unpaired) electrons. The minimum atomic E-state index is 0.910. The van der Waals surface area contributed by atoms with Crippen molar-refractivity contribution in [1.82, 2.24) is 14.8 Å². The molecule has 0 atom stereocenters. The second-order valence-electron chi connectivity index (χ2n) is 1.77. The number of hydrogen-bond acceptors (Lipinski definition) is 2. The minimum Gasteiger partial charge on any atom is -0.293 e. The number of aryl methyl sites for hydroxylation is 1. The lowest BCUT2D eigenvalue weighted by molar-refractivity contribution is 1.01. The summed E-state index contributed by atoms with van der Waals surface area (Å²) in [6.45, 7) is 3.87. The molecule has 0 aliphatic rings. The van der Waals surface area contributed by atoms with E-state index in [9.17, 15) is 0 Å². The van der Waals surface area contributed by atoms with Crippen molar-refractivity contribution in [3.8, 4) is 0 Å². The third-order valence-corrected chi connectivity index (χ3v) is 1.06. The molecule has 9 heavy (non-hydrogen) atoms. The van der Waals surface area contributed by atoms with Crippen LogP contribution in [0.3, 0.4) is 0 Å². The van der Waals surface area contributed by atoms with Crippen molar-refractivity contribution in [3.63, 3.8) is 0 Å². The highest BCUT2D eigenvalue weighted by molar-refractivity contribution is 5.21. The first kappa shape index (κ1) is 6.01. The van der Waals surface area contributed by atoms with Gasteiger partial charge in [-0.3, -0.25) is 4.57 Å². The highest BCUT2D eigenvalue weighted by atomic mass is 15.2. The normalized spacial score (nSPS) is 10.9. The maximum absolute atomic E-state index is 3.80. The van der Waals surface area contributed by atoms with Gasteiger partial charge in [0.2, 0.25) is 0 Å². The van der Waals surface area contributed by atoms with E-state index in [1.807, 2.05) is 30.7 Å². The summed E-state index contributed by atoms with van der Waals surface area (Å²) in [5.41, 5.74) is 0. The van der Waals surface area contributed by atoms with Crippen LogP contribution in [0.25, 0.3) is 6.20 Å². The molecule has 0 amide bonds. The molecule has 0 saturated carbocycles. The number of aromatic nitrogens is 3. The molecule has 3 nitrogen and oxygen atoms in total. The summed E-state index contributed by atoms with van der Waals surface area (Å²) in [7, 11) is 0. The van der Waals surface area contributed by atoms with Gasteiger partial charge in [-0.25, -0.2) is 0 Å². The molecule has 0 fully saturated rings. The average molecular weight is 123 g/mol. The van der Waals surface area contributed by atoms with E-state index in [2.05, 4.69) is 10.2 Å². The molecule has 0 bridgehead atoms. The van der Waals surface area contributed by atoms with Crippen LogP contribution in [0.4, 0.5) is 0 Å². The summed E-state index contributed by atoms with van der Waals surface area (Å²) in [5, 5.41) is 7.50. The lowest BCUT2D eigenvalue weighted by atomic mass is 10.6. The predicted molar refractivity (Wildman–Crippen MR) is 35.8 cm³/mol. The molecule has 0 unspecified atom stereocenters. The molecular weight excluding hydrogens is 114 g/mol. The van der Waals surface area contributed by atoms with Gasteiger partial charge in [-0.1, -0.05) is 6.08 Å². The summed E-state index contributed by atoms with van der Waals surface area (Å²) in [4.78, 5) is 0. The zero-order chi connectivity index (χ0) is 6.69. The van der Waals surface area contributed by atoms with Crippen LogP contribution in [0.1, 0.15) is 12.7 Å². The average Bonchev–Trinajstić information content (AvgIpc) is 2.18. The van der Waals surface area contributed by atoms with Gasteiger partial charge in [0.1, 0.15) is 12.2 Å². The van der Waals surface area contributed by atoms with Crippen molar-refractivity contribution in [2.45, 2.75) is 13.8 Å². The summed E-state index contributed by atoms with van der Waals surface area (Å²) >= 11 is 0.